The van der Waals surface area contributed by atoms with Crippen LogP contribution in [0.5, 0.6) is 0 Å². The normalized spacial score (nSPS) is 10.4. The minimum absolute atomic E-state index is 0.529. The molecule has 0 bridgehead atoms. The summed E-state index contributed by atoms with van der Waals surface area (Å²) in [7, 11) is 0. The average molecular weight is 205 g/mol. The summed E-state index contributed by atoms with van der Waals surface area (Å²) in [5.41, 5.74) is 6.75. The summed E-state index contributed by atoms with van der Waals surface area (Å²) < 4.78 is 0. The van der Waals surface area contributed by atoms with Gasteiger partial charge in [0.1, 0.15) is 5.01 Å². The smallest absolute Gasteiger partial charge is 0.106 e. The maximum atomic E-state index is 5.49. The molecule has 0 aliphatic heterocycles. The maximum absolute atomic E-state index is 5.49. The lowest BCUT2D eigenvalue weighted by atomic mass is 10.2. The van der Waals surface area contributed by atoms with Crippen molar-refractivity contribution in [3.8, 4) is 0 Å². The Labute approximate surface area is 86.6 Å². The molecule has 72 valence electrons. The van der Waals surface area contributed by atoms with Gasteiger partial charge < -0.3 is 5.73 Å². The molecule has 2 rings (SSSR count). The molecule has 4 heteroatoms. The van der Waals surface area contributed by atoms with E-state index in [1.165, 1.54) is 10.4 Å². The van der Waals surface area contributed by atoms with Gasteiger partial charge in [-0.25, -0.2) is 4.98 Å². The van der Waals surface area contributed by atoms with E-state index in [2.05, 4.69) is 9.97 Å². The van der Waals surface area contributed by atoms with Crippen LogP contribution < -0.4 is 5.73 Å². The third-order valence-electron chi connectivity index (χ3n) is 1.90. The van der Waals surface area contributed by atoms with Gasteiger partial charge in [0.25, 0.3) is 0 Å². The van der Waals surface area contributed by atoms with E-state index in [0.717, 1.165) is 11.4 Å². The number of thiazole rings is 1. The lowest BCUT2D eigenvalue weighted by molar-refractivity contribution is 1.04. The number of nitrogens with two attached hydrogens (primary N) is 1. The van der Waals surface area contributed by atoms with Crippen molar-refractivity contribution < 1.29 is 0 Å². The molecule has 0 fully saturated rings. The van der Waals surface area contributed by atoms with Gasteiger partial charge in [-0.15, -0.1) is 11.3 Å². The zero-order valence-corrected chi connectivity index (χ0v) is 8.50. The van der Waals surface area contributed by atoms with Crippen molar-refractivity contribution in [1.29, 1.82) is 0 Å². The highest BCUT2D eigenvalue weighted by molar-refractivity contribution is 7.11. The van der Waals surface area contributed by atoms with Gasteiger partial charge in [-0.1, -0.05) is 0 Å². The first-order valence-electron chi connectivity index (χ1n) is 4.41. The number of pyridine rings is 1. The molecule has 0 aromatic carbocycles. The van der Waals surface area contributed by atoms with Crippen molar-refractivity contribution in [3.63, 3.8) is 0 Å². The van der Waals surface area contributed by atoms with E-state index in [1.54, 1.807) is 23.7 Å². The molecule has 2 N–H and O–H groups in total. The van der Waals surface area contributed by atoms with E-state index in [4.69, 9.17) is 5.73 Å². The van der Waals surface area contributed by atoms with Gasteiger partial charge >= 0.3 is 0 Å². The molecule has 14 heavy (non-hydrogen) atoms. The van der Waals surface area contributed by atoms with Gasteiger partial charge in [0.2, 0.25) is 0 Å². The Hall–Kier alpha value is -1.26. The molecule has 0 aliphatic carbocycles. The molecule has 0 saturated carbocycles. The Morgan fingerprint density at radius 2 is 2.07 bits per heavy atom. The second-order valence-corrected chi connectivity index (χ2v) is 4.16. The largest absolute Gasteiger partial charge is 0.325 e. The monoisotopic (exact) mass is 205 g/mol. The minimum atomic E-state index is 0.529. The molecular weight excluding hydrogens is 194 g/mol. The van der Waals surface area contributed by atoms with E-state index >= 15 is 0 Å². The van der Waals surface area contributed by atoms with Crippen LogP contribution in [-0.2, 0) is 13.0 Å². The molecular formula is C10H11N3S. The van der Waals surface area contributed by atoms with E-state index in [0.29, 0.717) is 6.54 Å². The highest BCUT2D eigenvalue weighted by Gasteiger charge is 2.00. The molecule has 0 unspecified atom stereocenters. The standard InChI is InChI=1S/C10H11N3S/c11-6-10-13-7-9(14-10)5-8-1-3-12-4-2-8/h1-4,7H,5-6,11H2. The van der Waals surface area contributed by atoms with Gasteiger partial charge in [-0.3, -0.25) is 4.98 Å². The second kappa shape index (κ2) is 4.30. The van der Waals surface area contributed by atoms with Crippen LogP contribution in [-0.4, -0.2) is 9.97 Å². The quantitative estimate of drug-likeness (QED) is 0.827. The second-order valence-electron chi connectivity index (χ2n) is 2.96. The summed E-state index contributed by atoms with van der Waals surface area (Å²) in [6, 6.07) is 4.03. The summed E-state index contributed by atoms with van der Waals surface area (Å²) in [4.78, 5) is 9.43. The molecule has 2 aromatic rings. The Morgan fingerprint density at radius 1 is 1.29 bits per heavy atom. The Morgan fingerprint density at radius 3 is 2.71 bits per heavy atom. The summed E-state index contributed by atoms with van der Waals surface area (Å²) in [6.07, 6.45) is 6.42. The van der Waals surface area contributed by atoms with E-state index in [9.17, 15) is 0 Å². The third kappa shape index (κ3) is 2.16. The first-order chi connectivity index (χ1) is 6.88. The van der Waals surface area contributed by atoms with Gasteiger partial charge in [-0.05, 0) is 17.7 Å². The zero-order chi connectivity index (χ0) is 9.80. The Kier molecular flexibility index (Phi) is 2.86. The van der Waals surface area contributed by atoms with Crippen LogP contribution in [0.4, 0.5) is 0 Å². The Balaban J connectivity index is 2.11. The van der Waals surface area contributed by atoms with Crippen LogP contribution in [0.2, 0.25) is 0 Å². The maximum Gasteiger partial charge on any atom is 0.106 e. The molecule has 0 amide bonds. The summed E-state index contributed by atoms with van der Waals surface area (Å²) >= 11 is 1.67. The highest BCUT2D eigenvalue weighted by Crippen LogP contribution is 2.16. The van der Waals surface area contributed by atoms with Crippen molar-refractivity contribution >= 4 is 11.3 Å². The summed E-state index contributed by atoms with van der Waals surface area (Å²) in [5, 5.41) is 0.994. The van der Waals surface area contributed by atoms with Crippen LogP contribution >= 0.6 is 11.3 Å². The molecule has 0 aliphatic rings. The predicted molar refractivity (Wildman–Crippen MR) is 57.0 cm³/mol. The number of aromatic nitrogens is 2. The van der Waals surface area contributed by atoms with E-state index in [-0.39, 0.29) is 0 Å². The summed E-state index contributed by atoms with van der Waals surface area (Å²) in [6.45, 7) is 0.529. The third-order valence-corrected chi connectivity index (χ3v) is 2.92. The van der Waals surface area contributed by atoms with E-state index < -0.39 is 0 Å². The van der Waals surface area contributed by atoms with Crippen LogP contribution in [0.25, 0.3) is 0 Å². The predicted octanol–water partition coefficient (Wildman–Crippen LogP) is 1.59. The number of hydrogen-bond donors (Lipinski definition) is 1. The topological polar surface area (TPSA) is 51.8 Å². The van der Waals surface area contributed by atoms with E-state index in [1.807, 2.05) is 18.3 Å². The first-order valence-corrected chi connectivity index (χ1v) is 5.22. The number of nitrogens with zero attached hydrogens (tertiary/aromatic N) is 2. The van der Waals surface area contributed by atoms with Crippen LogP contribution in [0.15, 0.2) is 30.7 Å². The number of rotatable bonds is 3. The van der Waals surface area contributed by atoms with Gasteiger partial charge in [0.05, 0.1) is 0 Å². The van der Waals surface area contributed by atoms with Crippen LogP contribution in [0.3, 0.4) is 0 Å². The average Bonchev–Trinajstić information content (AvgIpc) is 2.67. The highest BCUT2D eigenvalue weighted by atomic mass is 32.1. The fourth-order valence-corrected chi connectivity index (χ4v) is 2.06. The SMILES string of the molecule is NCc1ncc(Cc2ccncc2)s1. The van der Waals surface area contributed by atoms with Crippen molar-refractivity contribution in [2.75, 3.05) is 0 Å². The van der Waals surface area contributed by atoms with Gasteiger partial charge in [0, 0.05) is 36.4 Å². The van der Waals surface area contributed by atoms with Crippen molar-refractivity contribution in [2.24, 2.45) is 5.73 Å². The fraction of sp³-hybridized carbons (Fsp3) is 0.200. The van der Waals surface area contributed by atoms with Crippen molar-refractivity contribution in [1.82, 2.24) is 9.97 Å². The first kappa shape index (κ1) is 9.30. The van der Waals surface area contributed by atoms with Gasteiger partial charge in [-0.2, -0.15) is 0 Å². The van der Waals surface area contributed by atoms with Crippen molar-refractivity contribution in [3.05, 3.63) is 46.2 Å². The lowest BCUT2D eigenvalue weighted by Gasteiger charge is -1.95. The molecule has 0 saturated heterocycles. The molecule has 0 atom stereocenters. The molecule has 2 heterocycles. The fourth-order valence-electron chi connectivity index (χ4n) is 1.23. The minimum Gasteiger partial charge on any atom is -0.325 e. The van der Waals surface area contributed by atoms with Crippen molar-refractivity contribution in [2.45, 2.75) is 13.0 Å². The summed E-state index contributed by atoms with van der Waals surface area (Å²) in [5.74, 6) is 0. The molecule has 0 radical (unpaired) electrons. The zero-order valence-electron chi connectivity index (χ0n) is 7.68. The Bertz CT molecular complexity index is 397. The van der Waals surface area contributed by atoms with Crippen LogP contribution in [0, 0.1) is 0 Å². The van der Waals surface area contributed by atoms with Crippen LogP contribution in [0.1, 0.15) is 15.4 Å². The molecule has 2 aromatic heterocycles. The lowest BCUT2D eigenvalue weighted by Crippen LogP contribution is -1.93. The molecule has 3 nitrogen and oxygen atoms in total. The van der Waals surface area contributed by atoms with Gasteiger partial charge in [0.15, 0.2) is 0 Å². The molecule has 0 spiro atoms. The number of hydrogen-bond acceptors (Lipinski definition) is 4.